The zero-order valence-electron chi connectivity index (χ0n) is 17.7. The molecule has 7 nitrogen and oxygen atoms in total. The molecule has 0 bridgehead atoms. The second-order valence-electron chi connectivity index (χ2n) is 6.98. The average molecular weight is 455 g/mol. The Balaban J connectivity index is 2.26. The molecule has 2 aromatic carbocycles. The van der Waals surface area contributed by atoms with Crippen LogP contribution in [0.25, 0.3) is 0 Å². The first-order chi connectivity index (χ1) is 14.2. The molecule has 30 heavy (non-hydrogen) atoms. The molecule has 1 N–H and O–H groups in total. The van der Waals surface area contributed by atoms with Gasteiger partial charge in [0.25, 0.3) is 10.0 Å². The molecule has 0 amide bonds. The summed E-state index contributed by atoms with van der Waals surface area (Å²) in [5.41, 5.74) is 1.34. The highest BCUT2D eigenvalue weighted by Crippen LogP contribution is 2.36. The van der Waals surface area contributed by atoms with Crippen molar-refractivity contribution in [2.75, 3.05) is 20.3 Å². The van der Waals surface area contributed by atoms with Crippen LogP contribution >= 0.6 is 11.6 Å². The summed E-state index contributed by atoms with van der Waals surface area (Å²) in [5.74, 6) is 1.48. The van der Waals surface area contributed by atoms with Gasteiger partial charge in [0.2, 0.25) is 0 Å². The molecule has 2 rings (SSSR count). The Morgan fingerprint density at radius 2 is 1.90 bits per heavy atom. The van der Waals surface area contributed by atoms with E-state index in [-0.39, 0.29) is 10.6 Å². The van der Waals surface area contributed by atoms with Gasteiger partial charge in [-0.25, -0.2) is 0 Å². The molecule has 0 fully saturated rings. The van der Waals surface area contributed by atoms with Crippen LogP contribution in [-0.4, -0.2) is 35.0 Å². The Morgan fingerprint density at radius 1 is 1.17 bits per heavy atom. The minimum Gasteiger partial charge on any atom is -0.495 e. The van der Waals surface area contributed by atoms with Crippen molar-refractivity contribution < 1.29 is 22.6 Å². The minimum atomic E-state index is -3.91. The van der Waals surface area contributed by atoms with E-state index in [4.69, 9.17) is 25.8 Å². The molecular weight excluding hydrogens is 428 g/mol. The molecule has 0 atom stereocenters. The molecule has 0 radical (unpaired) electrons. The van der Waals surface area contributed by atoms with Crippen molar-refractivity contribution >= 4 is 27.8 Å². The molecule has 0 aliphatic rings. The maximum Gasteiger partial charge on any atom is 0.280 e. The number of rotatable bonds is 10. The number of hydrazone groups is 1. The molecule has 0 heterocycles. The van der Waals surface area contributed by atoms with Gasteiger partial charge >= 0.3 is 0 Å². The third-order valence-electron chi connectivity index (χ3n) is 3.89. The highest BCUT2D eigenvalue weighted by atomic mass is 35.5. The van der Waals surface area contributed by atoms with Crippen LogP contribution in [0.5, 0.6) is 17.2 Å². The Bertz CT molecular complexity index is 1010. The van der Waals surface area contributed by atoms with Crippen molar-refractivity contribution in [2.24, 2.45) is 11.0 Å². The van der Waals surface area contributed by atoms with E-state index in [1.54, 1.807) is 31.2 Å². The Morgan fingerprint density at radius 3 is 2.53 bits per heavy atom. The first-order valence-electron chi connectivity index (χ1n) is 9.46. The molecule has 2 aromatic rings. The lowest BCUT2D eigenvalue weighted by Gasteiger charge is -2.15. The lowest BCUT2D eigenvalue weighted by atomic mass is 10.2. The van der Waals surface area contributed by atoms with Crippen molar-refractivity contribution in [3.05, 3.63) is 46.5 Å². The topological polar surface area (TPSA) is 86.2 Å². The van der Waals surface area contributed by atoms with Gasteiger partial charge in [-0.3, -0.25) is 0 Å². The Hall–Kier alpha value is -2.45. The van der Waals surface area contributed by atoms with Crippen LogP contribution in [0, 0.1) is 12.8 Å². The van der Waals surface area contributed by atoms with E-state index < -0.39 is 10.0 Å². The SMILES string of the molecule is CCOc1cc(/C=N/NS(=O)(=O)c2cc(C)ccc2OC)cc(Cl)c1OCC(C)C. The summed E-state index contributed by atoms with van der Waals surface area (Å²) in [6.45, 7) is 8.63. The van der Waals surface area contributed by atoms with Gasteiger partial charge in [0.05, 0.1) is 31.6 Å². The Kier molecular flexibility index (Phi) is 8.37. The maximum absolute atomic E-state index is 12.6. The number of benzene rings is 2. The monoisotopic (exact) mass is 454 g/mol. The van der Waals surface area contributed by atoms with Crippen molar-refractivity contribution in [3.8, 4) is 17.2 Å². The lowest BCUT2D eigenvalue weighted by molar-refractivity contribution is 0.248. The molecule has 0 unspecified atom stereocenters. The van der Waals surface area contributed by atoms with Gasteiger partial charge in [0, 0.05) is 0 Å². The quantitative estimate of drug-likeness (QED) is 0.424. The number of halogens is 1. The van der Waals surface area contributed by atoms with Crippen LogP contribution in [0.15, 0.2) is 40.3 Å². The zero-order valence-corrected chi connectivity index (χ0v) is 19.3. The number of ether oxygens (including phenoxy) is 3. The number of hydrogen-bond donors (Lipinski definition) is 1. The van der Waals surface area contributed by atoms with Crippen LogP contribution in [-0.2, 0) is 10.0 Å². The van der Waals surface area contributed by atoms with E-state index >= 15 is 0 Å². The van der Waals surface area contributed by atoms with Crippen molar-refractivity contribution in [1.29, 1.82) is 0 Å². The van der Waals surface area contributed by atoms with Gasteiger partial charge < -0.3 is 14.2 Å². The second kappa shape index (κ2) is 10.5. The maximum atomic E-state index is 12.6. The predicted molar refractivity (Wildman–Crippen MR) is 119 cm³/mol. The third kappa shape index (κ3) is 6.27. The van der Waals surface area contributed by atoms with Crippen LogP contribution in [0.3, 0.4) is 0 Å². The molecule has 0 saturated heterocycles. The predicted octanol–water partition coefficient (Wildman–Crippen LogP) is 4.40. The normalized spacial score (nSPS) is 11.7. The summed E-state index contributed by atoms with van der Waals surface area (Å²) in [7, 11) is -2.50. The second-order valence-corrected chi connectivity index (χ2v) is 9.01. The van der Waals surface area contributed by atoms with E-state index in [0.29, 0.717) is 41.2 Å². The third-order valence-corrected chi connectivity index (χ3v) is 5.41. The average Bonchev–Trinajstić information content (AvgIpc) is 2.67. The zero-order chi connectivity index (χ0) is 22.3. The van der Waals surface area contributed by atoms with Gasteiger partial charge in [-0.15, -0.1) is 0 Å². The summed E-state index contributed by atoms with van der Waals surface area (Å²) >= 11 is 6.35. The molecule has 9 heteroatoms. The fraction of sp³-hybridized carbons (Fsp3) is 0.381. The van der Waals surface area contributed by atoms with E-state index in [2.05, 4.69) is 9.93 Å². The number of methoxy groups -OCH3 is 1. The van der Waals surface area contributed by atoms with Crippen LogP contribution in [0.2, 0.25) is 5.02 Å². The summed E-state index contributed by atoms with van der Waals surface area (Å²) in [6, 6.07) is 8.20. The van der Waals surface area contributed by atoms with Gasteiger partial charge in [0.1, 0.15) is 10.6 Å². The number of hydrogen-bond acceptors (Lipinski definition) is 6. The highest BCUT2D eigenvalue weighted by Gasteiger charge is 2.19. The summed E-state index contributed by atoms with van der Waals surface area (Å²) in [5, 5.41) is 4.22. The van der Waals surface area contributed by atoms with E-state index in [0.717, 1.165) is 5.56 Å². The minimum absolute atomic E-state index is 0.00706. The summed E-state index contributed by atoms with van der Waals surface area (Å²) in [6.07, 6.45) is 1.35. The standard InChI is InChI=1S/C21H27ClN2O5S/c1-6-28-19-11-16(10-17(22)21(19)29-13-14(2)3)12-23-24-30(25,26)20-9-15(4)7-8-18(20)27-5/h7-12,14,24H,6,13H2,1-5H3/b23-12+. The Labute approximate surface area is 183 Å². The first-order valence-corrected chi connectivity index (χ1v) is 11.3. The van der Waals surface area contributed by atoms with Gasteiger partial charge in [-0.2, -0.15) is 18.4 Å². The van der Waals surface area contributed by atoms with E-state index in [1.165, 1.54) is 19.4 Å². The smallest absolute Gasteiger partial charge is 0.280 e. The van der Waals surface area contributed by atoms with Crippen molar-refractivity contribution in [2.45, 2.75) is 32.6 Å². The first kappa shape index (κ1) is 23.8. The number of sulfonamides is 1. The van der Waals surface area contributed by atoms with Gasteiger partial charge in [-0.1, -0.05) is 31.5 Å². The van der Waals surface area contributed by atoms with Gasteiger partial charge in [-0.05, 0) is 55.2 Å². The molecule has 0 saturated carbocycles. The molecule has 164 valence electrons. The number of nitrogens with one attached hydrogen (secondary N) is 1. The van der Waals surface area contributed by atoms with Crippen molar-refractivity contribution in [1.82, 2.24) is 4.83 Å². The van der Waals surface area contributed by atoms with Crippen molar-refractivity contribution in [3.63, 3.8) is 0 Å². The summed E-state index contributed by atoms with van der Waals surface area (Å²) in [4.78, 5) is 2.20. The molecule has 0 spiro atoms. The largest absolute Gasteiger partial charge is 0.495 e. The fourth-order valence-corrected chi connectivity index (χ4v) is 3.85. The molecule has 0 aliphatic carbocycles. The van der Waals surface area contributed by atoms with Crippen LogP contribution in [0.4, 0.5) is 0 Å². The molecule has 0 aliphatic heterocycles. The number of aryl methyl sites for hydroxylation is 1. The van der Waals surface area contributed by atoms with E-state index in [9.17, 15) is 8.42 Å². The number of nitrogens with zero attached hydrogens (tertiary/aromatic N) is 1. The lowest BCUT2D eigenvalue weighted by Crippen LogP contribution is -2.19. The van der Waals surface area contributed by atoms with E-state index in [1.807, 2.05) is 20.8 Å². The highest BCUT2D eigenvalue weighted by molar-refractivity contribution is 7.89. The van der Waals surface area contributed by atoms with Crippen LogP contribution in [0.1, 0.15) is 31.9 Å². The molecular formula is C21H27ClN2O5S. The fourth-order valence-electron chi connectivity index (χ4n) is 2.53. The summed E-state index contributed by atoms with van der Waals surface area (Å²) < 4.78 is 41.8. The molecule has 0 aromatic heterocycles. The van der Waals surface area contributed by atoms with Crippen LogP contribution < -0.4 is 19.0 Å². The van der Waals surface area contributed by atoms with Gasteiger partial charge in [0.15, 0.2) is 11.5 Å².